The van der Waals surface area contributed by atoms with Crippen LogP contribution in [0.25, 0.3) is 0 Å². The fourth-order valence-electron chi connectivity index (χ4n) is 1.90. The molecule has 17 heavy (non-hydrogen) atoms. The standard InChI is InChI=1S/C10H13N3O4/c1-11-6-4-9(17-7(6)5-14)13-3-2-8(15)12-10(13)16/h2-3,6-7,9,14H,1,4-5H2,(H,12,15,16)/t6-,7+,9?/m0/s1. The highest BCUT2D eigenvalue weighted by Gasteiger charge is 2.35. The summed E-state index contributed by atoms with van der Waals surface area (Å²) >= 11 is 0. The number of H-pyrrole nitrogens is 1. The maximum absolute atomic E-state index is 11.5. The van der Waals surface area contributed by atoms with Crippen molar-refractivity contribution in [2.24, 2.45) is 4.99 Å². The molecule has 1 saturated heterocycles. The molecule has 7 heteroatoms. The van der Waals surface area contributed by atoms with Gasteiger partial charge in [0.15, 0.2) is 0 Å². The number of ether oxygens (including phenoxy) is 1. The van der Waals surface area contributed by atoms with Gasteiger partial charge < -0.3 is 9.84 Å². The summed E-state index contributed by atoms with van der Waals surface area (Å²) in [6, 6.07) is 0.997. The van der Waals surface area contributed by atoms with Crippen LogP contribution >= 0.6 is 0 Å². The van der Waals surface area contributed by atoms with Crippen molar-refractivity contribution in [2.45, 2.75) is 24.8 Å². The molecule has 0 amide bonds. The molecule has 0 bridgehead atoms. The first-order valence-corrected chi connectivity index (χ1v) is 5.19. The van der Waals surface area contributed by atoms with Gasteiger partial charge >= 0.3 is 5.69 Å². The highest BCUT2D eigenvalue weighted by molar-refractivity contribution is 5.24. The fourth-order valence-corrected chi connectivity index (χ4v) is 1.90. The maximum atomic E-state index is 11.5. The third kappa shape index (κ3) is 2.20. The molecule has 0 aromatic carbocycles. The molecule has 0 radical (unpaired) electrons. The van der Waals surface area contributed by atoms with Gasteiger partial charge in [-0.05, 0) is 6.72 Å². The molecule has 0 saturated carbocycles. The van der Waals surface area contributed by atoms with Crippen LogP contribution in [0.2, 0.25) is 0 Å². The van der Waals surface area contributed by atoms with Gasteiger partial charge in [0, 0.05) is 18.7 Å². The number of aliphatic hydroxyl groups excluding tert-OH is 1. The monoisotopic (exact) mass is 239 g/mol. The van der Waals surface area contributed by atoms with Crippen LogP contribution in [0.3, 0.4) is 0 Å². The van der Waals surface area contributed by atoms with Crippen LogP contribution in [-0.4, -0.2) is 40.1 Å². The van der Waals surface area contributed by atoms with E-state index in [1.165, 1.54) is 16.8 Å². The zero-order valence-electron chi connectivity index (χ0n) is 9.07. The Hall–Kier alpha value is -1.73. The van der Waals surface area contributed by atoms with Crippen LogP contribution < -0.4 is 11.2 Å². The molecule has 0 spiro atoms. The van der Waals surface area contributed by atoms with E-state index < -0.39 is 23.6 Å². The highest BCUT2D eigenvalue weighted by atomic mass is 16.5. The van der Waals surface area contributed by atoms with Crippen molar-refractivity contribution < 1.29 is 9.84 Å². The zero-order chi connectivity index (χ0) is 12.4. The normalized spacial score (nSPS) is 28.2. The molecular formula is C10H13N3O4. The minimum Gasteiger partial charge on any atom is -0.394 e. The van der Waals surface area contributed by atoms with Gasteiger partial charge in [-0.15, -0.1) is 0 Å². The van der Waals surface area contributed by atoms with E-state index in [1.54, 1.807) is 0 Å². The van der Waals surface area contributed by atoms with Crippen LogP contribution in [0.4, 0.5) is 0 Å². The predicted molar refractivity (Wildman–Crippen MR) is 60.3 cm³/mol. The number of hydrogen-bond acceptors (Lipinski definition) is 5. The third-order valence-electron chi connectivity index (χ3n) is 2.78. The molecule has 2 heterocycles. The van der Waals surface area contributed by atoms with Crippen molar-refractivity contribution in [3.05, 3.63) is 33.1 Å². The van der Waals surface area contributed by atoms with Crippen molar-refractivity contribution in [1.29, 1.82) is 0 Å². The van der Waals surface area contributed by atoms with Crippen molar-refractivity contribution in [3.63, 3.8) is 0 Å². The summed E-state index contributed by atoms with van der Waals surface area (Å²) in [6.45, 7) is 3.24. The van der Waals surface area contributed by atoms with Crippen LogP contribution in [-0.2, 0) is 4.74 Å². The Morgan fingerprint density at radius 3 is 2.94 bits per heavy atom. The minimum atomic E-state index is -0.538. The minimum absolute atomic E-state index is 0.182. The number of aromatic amines is 1. The molecule has 2 N–H and O–H groups in total. The molecule has 1 aromatic heterocycles. The second-order valence-electron chi connectivity index (χ2n) is 3.81. The maximum Gasteiger partial charge on any atom is 0.330 e. The van der Waals surface area contributed by atoms with Crippen molar-refractivity contribution in [3.8, 4) is 0 Å². The van der Waals surface area contributed by atoms with Gasteiger partial charge in [-0.2, -0.15) is 0 Å². The van der Waals surface area contributed by atoms with Crippen molar-refractivity contribution >= 4 is 6.72 Å². The number of aliphatic imine (C=N–C) groups is 1. The summed E-state index contributed by atoms with van der Waals surface area (Å²) in [5.74, 6) is 0. The first-order chi connectivity index (χ1) is 8.15. The summed E-state index contributed by atoms with van der Waals surface area (Å²) in [6.07, 6.45) is 0.815. The Balaban J connectivity index is 2.28. The largest absolute Gasteiger partial charge is 0.394 e. The number of aromatic nitrogens is 2. The Bertz CT molecular complexity index is 521. The quantitative estimate of drug-likeness (QED) is 0.653. The summed E-state index contributed by atoms with van der Waals surface area (Å²) in [7, 11) is 0. The Labute approximate surface area is 96.4 Å². The molecule has 7 nitrogen and oxygen atoms in total. The number of rotatable bonds is 3. The molecular weight excluding hydrogens is 226 g/mol. The van der Waals surface area contributed by atoms with Gasteiger partial charge in [0.25, 0.3) is 5.56 Å². The van der Waals surface area contributed by atoms with E-state index in [0.717, 1.165) is 0 Å². The molecule has 3 atom stereocenters. The average Bonchev–Trinajstić information content (AvgIpc) is 2.72. The Morgan fingerprint density at radius 2 is 2.41 bits per heavy atom. The topological polar surface area (TPSA) is 96.7 Å². The molecule has 1 fully saturated rings. The molecule has 1 aliphatic heterocycles. The fraction of sp³-hybridized carbons (Fsp3) is 0.500. The first kappa shape index (κ1) is 11.7. The number of aliphatic hydroxyl groups is 1. The summed E-state index contributed by atoms with van der Waals surface area (Å²) in [4.78, 5) is 28.4. The van der Waals surface area contributed by atoms with E-state index in [1.807, 2.05) is 0 Å². The van der Waals surface area contributed by atoms with E-state index in [-0.39, 0.29) is 12.6 Å². The average molecular weight is 239 g/mol. The Kier molecular flexibility index (Phi) is 3.21. The van der Waals surface area contributed by atoms with E-state index in [4.69, 9.17) is 9.84 Å². The number of nitrogens with one attached hydrogen (secondary N) is 1. The summed E-state index contributed by atoms with van der Waals surface area (Å²) < 4.78 is 6.75. The van der Waals surface area contributed by atoms with Crippen LogP contribution in [0, 0.1) is 0 Å². The SMILES string of the molecule is C=N[C@H]1CC(n2ccc(=O)[nH]c2=O)O[C@@H]1CO. The molecule has 92 valence electrons. The lowest BCUT2D eigenvalue weighted by Crippen LogP contribution is -2.31. The predicted octanol–water partition coefficient (Wildman–Crippen LogP) is -1.11. The van der Waals surface area contributed by atoms with Gasteiger partial charge in [-0.1, -0.05) is 0 Å². The Morgan fingerprint density at radius 1 is 1.65 bits per heavy atom. The van der Waals surface area contributed by atoms with Crippen molar-refractivity contribution in [1.82, 2.24) is 9.55 Å². The number of hydrogen-bond donors (Lipinski definition) is 2. The van der Waals surface area contributed by atoms with Crippen LogP contribution in [0.5, 0.6) is 0 Å². The van der Waals surface area contributed by atoms with Gasteiger partial charge in [0.05, 0.1) is 12.6 Å². The van der Waals surface area contributed by atoms with Crippen molar-refractivity contribution in [2.75, 3.05) is 6.61 Å². The van der Waals surface area contributed by atoms with E-state index in [9.17, 15) is 9.59 Å². The van der Waals surface area contributed by atoms with E-state index >= 15 is 0 Å². The third-order valence-corrected chi connectivity index (χ3v) is 2.78. The summed E-state index contributed by atoms with van der Waals surface area (Å²) in [5.41, 5.74) is -0.995. The second-order valence-corrected chi connectivity index (χ2v) is 3.81. The second kappa shape index (κ2) is 4.64. The van der Waals surface area contributed by atoms with Gasteiger partial charge in [-0.3, -0.25) is 19.3 Å². The van der Waals surface area contributed by atoms with E-state index in [2.05, 4.69) is 16.7 Å². The first-order valence-electron chi connectivity index (χ1n) is 5.19. The highest BCUT2D eigenvalue weighted by Crippen LogP contribution is 2.28. The summed E-state index contributed by atoms with van der Waals surface area (Å²) in [5, 5.41) is 9.09. The van der Waals surface area contributed by atoms with Gasteiger partial charge in [-0.25, -0.2) is 4.79 Å². The molecule has 1 aliphatic rings. The number of nitrogens with zero attached hydrogens (tertiary/aromatic N) is 2. The van der Waals surface area contributed by atoms with E-state index in [0.29, 0.717) is 6.42 Å². The molecule has 2 rings (SSSR count). The lowest BCUT2D eigenvalue weighted by molar-refractivity contribution is -0.0269. The van der Waals surface area contributed by atoms with Gasteiger partial charge in [0.1, 0.15) is 12.3 Å². The smallest absolute Gasteiger partial charge is 0.330 e. The molecule has 1 unspecified atom stereocenters. The van der Waals surface area contributed by atoms with Gasteiger partial charge in [0.2, 0.25) is 0 Å². The molecule has 0 aliphatic carbocycles. The zero-order valence-corrected chi connectivity index (χ0v) is 9.07. The lowest BCUT2D eigenvalue weighted by Gasteiger charge is -2.13. The van der Waals surface area contributed by atoms with Crippen LogP contribution in [0.1, 0.15) is 12.6 Å². The lowest BCUT2D eigenvalue weighted by atomic mass is 10.1. The molecule has 1 aromatic rings. The van der Waals surface area contributed by atoms with Crippen LogP contribution in [0.15, 0.2) is 26.8 Å².